The van der Waals surface area contributed by atoms with Crippen LogP contribution in [0.25, 0.3) is 23.1 Å². The van der Waals surface area contributed by atoms with Gasteiger partial charge in [-0.15, -0.1) is 0 Å². The lowest BCUT2D eigenvalue weighted by Crippen LogP contribution is -2.34. The van der Waals surface area contributed by atoms with Gasteiger partial charge in [0, 0.05) is 24.2 Å². The highest BCUT2D eigenvalue weighted by molar-refractivity contribution is 5.89. The zero-order chi connectivity index (χ0) is 29.0. The Labute approximate surface area is 252 Å². The molecule has 0 radical (unpaired) electrons. The van der Waals surface area contributed by atoms with Crippen LogP contribution < -0.4 is 10.3 Å². The first kappa shape index (κ1) is 32.9. The van der Waals surface area contributed by atoms with Crippen molar-refractivity contribution in [2.45, 2.75) is 142 Å². The number of nitrogens with two attached hydrogens (primary N) is 1. The van der Waals surface area contributed by atoms with Gasteiger partial charge in [-0.3, -0.25) is 0 Å². The van der Waals surface area contributed by atoms with Crippen LogP contribution in [-0.2, 0) is 13.0 Å². The molecule has 224 valence electrons. The fourth-order valence-electron chi connectivity index (χ4n) is 5.97. The van der Waals surface area contributed by atoms with Crippen molar-refractivity contribution >= 4 is 28.7 Å². The summed E-state index contributed by atoms with van der Waals surface area (Å²) >= 11 is 0. The number of hydrogen-bond acceptors (Lipinski definition) is 1. The topological polar surface area (TPSA) is 29.9 Å². The van der Waals surface area contributed by atoms with Gasteiger partial charge in [0.15, 0.2) is 6.20 Å². The van der Waals surface area contributed by atoms with E-state index in [1.807, 2.05) is 0 Å². The van der Waals surface area contributed by atoms with Crippen molar-refractivity contribution in [3.63, 3.8) is 0 Å². The van der Waals surface area contributed by atoms with Gasteiger partial charge in [0.05, 0.1) is 5.39 Å². The smallest absolute Gasteiger partial charge is 0.213 e. The number of aryl methyl sites for hydroxylation is 2. The maximum Gasteiger partial charge on any atom is 0.213 e. The van der Waals surface area contributed by atoms with Gasteiger partial charge in [-0.05, 0) is 48.1 Å². The van der Waals surface area contributed by atoms with E-state index < -0.39 is 0 Å². The Morgan fingerprint density at radius 3 is 1.76 bits per heavy atom. The number of rotatable bonds is 22. The van der Waals surface area contributed by atoms with Crippen LogP contribution in [-0.4, -0.2) is 0 Å². The molecule has 0 bridgehead atoms. The molecule has 0 aliphatic carbocycles. The van der Waals surface area contributed by atoms with E-state index in [0.29, 0.717) is 0 Å². The minimum Gasteiger partial charge on any atom is -0.398 e. The summed E-state index contributed by atoms with van der Waals surface area (Å²) in [5.41, 5.74) is 12.3. The Kier molecular flexibility index (Phi) is 16.3. The summed E-state index contributed by atoms with van der Waals surface area (Å²) < 4.78 is 2.44. The van der Waals surface area contributed by atoms with Crippen molar-refractivity contribution in [3.8, 4) is 0 Å². The molecule has 0 unspecified atom stereocenters. The number of anilines is 1. The summed E-state index contributed by atoms with van der Waals surface area (Å²) in [6.07, 6.45) is 32.8. The fourth-order valence-corrected chi connectivity index (χ4v) is 5.97. The molecule has 2 nitrogen and oxygen atoms in total. The van der Waals surface area contributed by atoms with E-state index in [1.54, 1.807) is 0 Å². The maximum absolute atomic E-state index is 6.39. The number of fused-ring (bicyclic) bond motifs is 1. The van der Waals surface area contributed by atoms with Crippen LogP contribution in [0, 0.1) is 0 Å². The minimum absolute atomic E-state index is 0.869. The molecule has 2 aromatic carbocycles. The maximum atomic E-state index is 6.39. The molecule has 0 atom stereocenters. The molecule has 3 aromatic rings. The average Bonchev–Trinajstić information content (AvgIpc) is 2.99. The number of hydrogen-bond donors (Lipinski definition) is 1. The van der Waals surface area contributed by atoms with Crippen LogP contribution in [0.4, 0.5) is 5.69 Å². The van der Waals surface area contributed by atoms with E-state index in [9.17, 15) is 0 Å². The molecule has 0 aliphatic heterocycles. The monoisotopic (exact) mass is 555 g/mol. The second-order valence-electron chi connectivity index (χ2n) is 12.2. The number of pyridine rings is 1. The van der Waals surface area contributed by atoms with Gasteiger partial charge < -0.3 is 5.73 Å². The molecule has 0 fully saturated rings. The molecule has 3 rings (SSSR count). The van der Waals surface area contributed by atoms with E-state index >= 15 is 0 Å². The second-order valence-corrected chi connectivity index (χ2v) is 12.2. The summed E-state index contributed by atoms with van der Waals surface area (Å²) in [6.45, 7) is 5.62. The number of aromatic nitrogens is 1. The lowest BCUT2D eigenvalue weighted by molar-refractivity contribution is -0.671. The molecule has 0 saturated heterocycles. The molecule has 0 saturated carbocycles. The van der Waals surface area contributed by atoms with Crippen molar-refractivity contribution in [2.24, 2.45) is 0 Å². The molecule has 2 N–H and O–H groups in total. The van der Waals surface area contributed by atoms with Crippen LogP contribution in [0.15, 0.2) is 54.7 Å². The van der Waals surface area contributed by atoms with E-state index in [1.165, 1.54) is 138 Å². The van der Waals surface area contributed by atoms with Gasteiger partial charge in [0.2, 0.25) is 5.52 Å². The lowest BCUT2D eigenvalue weighted by atomic mass is 10.0. The summed E-state index contributed by atoms with van der Waals surface area (Å²) in [7, 11) is 0. The SMILES string of the molecule is CCCCCCCCCCCCCCCCCC[n+]1ccc(/C=C/c2ccc(CCCC)cc2N)c2ccccc21. The largest absolute Gasteiger partial charge is 0.398 e. The van der Waals surface area contributed by atoms with Crippen LogP contribution in [0.5, 0.6) is 0 Å². The first-order valence-corrected chi connectivity index (χ1v) is 17.2. The third kappa shape index (κ3) is 12.4. The molecule has 1 heterocycles. The van der Waals surface area contributed by atoms with Gasteiger partial charge >= 0.3 is 0 Å². The summed E-state index contributed by atoms with van der Waals surface area (Å²) in [5, 5.41) is 1.31. The molecular formula is C39H59N2+. The van der Waals surface area contributed by atoms with Crippen LogP contribution in [0.3, 0.4) is 0 Å². The molecule has 1 aromatic heterocycles. The van der Waals surface area contributed by atoms with Crippen LogP contribution in [0.1, 0.15) is 146 Å². The van der Waals surface area contributed by atoms with Crippen molar-refractivity contribution < 1.29 is 4.57 Å². The molecular weight excluding hydrogens is 496 g/mol. The highest BCUT2D eigenvalue weighted by atomic mass is 14.9. The lowest BCUT2D eigenvalue weighted by Gasteiger charge is -2.07. The van der Waals surface area contributed by atoms with Gasteiger partial charge in [0.25, 0.3) is 0 Å². The Morgan fingerprint density at radius 1 is 0.585 bits per heavy atom. The third-order valence-electron chi connectivity index (χ3n) is 8.62. The van der Waals surface area contributed by atoms with Crippen LogP contribution in [0.2, 0.25) is 0 Å². The molecule has 41 heavy (non-hydrogen) atoms. The van der Waals surface area contributed by atoms with Crippen LogP contribution >= 0.6 is 0 Å². The normalized spacial score (nSPS) is 11.7. The highest BCUT2D eigenvalue weighted by Gasteiger charge is 2.11. The number of para-hydroxylation sites is 1. The number of nitrogen functional groups attached to an aromatic ring is 1. The van der Waals surface area contributed by atoms with E-state index in [2.05, 4.69) is 85.3 Å². The first-order chi connectivity index (χ1) is 20.2. The third-order valence-corrected chi connectivity index (χ3v) is 8.62. The molecule has 0 aliphatic rings. The summed E-state index contributed by atoms with van der Waals surface area (Å²) in [6, 6.07) is 17.6. The fraction of sp³-hybridized carbons (Fsp3) is 0.564. The van der Waals surface area contributed by atoms with Gasteiger partial charge in [0.1, 0.15) is 6.54 Å². The van der Waals surface area contributed by atoms with E-state index in [4.69, 9.17) is 5.73 Å². The number of unbranched alkanes of at least 4 members (excludes halogenated alkanes) is 16. The number of benzene rings is 2. The molecule has 0 amide bonds. The predicted octanol–water partition coefficient (Wildman–Crippen LogP) is 11.5. The first-order valence-electron chi connectivity index (χ1n) is 17.2. The Hall–Kier alpha value is -2.61. The molecule has 2 heteroatoms. The zero-order valence-electron chi connectivity index (χ0n) is 26.5. The van der Waals surface area contributed by atoms with E-state index in [-0.39, 0.29) is 0 Å². The van der Waals surface area contributed by atoms with Crippen molar-refractivity contribution in [3.05, 3.63) is 71.4 Å². The van der Waals surface area contributed by atoms with Crippen molar-refractivity contribution in [1.82, 2.24) is 0 Å². The van der Waals surface area contributed by atoms with Gasteiger partial charge in [-0.1, -0.05) is 147 Å². The standard InChI is InChI=1S/C39H58N2/c1-3-5-7-8-9-10-11-12-13-14-15-16-17-18-19-22-31-41-32-30-35(37-24-20-21-25-39(37)41)28-29-36-27-26-34(23-6-4-2)33-38(36)40/h20-21,24-30,32-33,40H,3-19,22-23,31H2,1-2H3/p+1. The van der Waals surface area contributed by atoms with Crippen molar-refractivity contribution in [1.29, 1.82) is 0 Å². The van der Waals surface area contributed by atoms with Crippen molar-refractivity contribution in [2.75, 3.05) is 5.73 Å². The second kappa shape index (κ2) is 20.3. The highest BCUT2D eigenvalue weighted by Crippen LogP contribution is 2.22. The predicted molar refractivity (Wildman–Crippen MR) is 182 cm³/mol. The molecule has 0 spiro atoms. The Balaban J connectivity index is 1.35. The van der Waals surface area contributed by atoms with Gasteiger partial charge in [-0.2, -0.15) is 4.57 Å². The van der Waals surface area contributed by atoms with Gasteiger partial charge in [-0.25, -0.2) is 0 Å². The average molecular weight is 556 g/mol. The van der Waals surface area contributed by atoms with E-state index in [0.717, 1.165) is 24.2 Å². The zero-order valence-corrected chi connectivity index (χ0v) is 26.5. The Bertz CT molecular complexity index is 1150. The number of nitrogens with zero attached hydrogens (tertiary/aromatic N) is 1. The summed E-state index contributed by atoms with van der Waals surface area (Å²) in [5.74, 6) is 0. The summed E-state index contributed by atoms with van der Waals surface area (Å²) in [4.78, 5) is 0. The quantitative estimate of drug-likeness (QED) is 0.0745. The minimum atomic E-state index is 0.869. The Morgan fingerprint density at radius 2 is 1.15 bits per heavy atom.